The molecule has 3 aromatic rings. The minimum Gasteiger partial charge on any atom is -0.756 e. The van der Waals surface area contributed by atoms with Gasteiger partial charge in [0.15, 0.2) is 6.33 Å². The van der Waals surface area contributed by atoms with Gasteiger partial charge in [0.25, 0.3) is 19.3 Å². The number of nitrogens with one attached hydrogen (secondary N) is 1. The van der Waals surface area contributed by atoms with E-state index in [1.165, 1.54) is 27.6 Å². The van der Waals surface area contributed by atoms with Gasteiger partial charge in [0.1, 0.15) is 18.3 Å². The number of phosphoric ester groups is 1. The summed E-state index contributed by atoms with van der Waals surface area (Å²) in [5.41, 5.74) is 5.83. The third-order valence-corrected chi connectivity index (χ3v) is 5.73. The second-order valence-electron chi connectivity index (χ2n) is 7.59. The first-order valence-electron chi connectivity index (χ1n) is 9.76. The summed E-state index contributed by atoms with van der Waals surface area (Å²) in [7, 11) is -5.10. The van der Waals surface area contributed by atoms with Crippen LogP contribution >= 0.6 is 7.82 Å². The second-order valence-corrected chi connectivity index (χ2v) is 8.78. The number of phosphoric acid groups is 1. The van der Waals surface area contributed by atoms with Crippen molar-refractivity contribution in [1.82, 2.24) is 14.5 Å². The number of aliphatic hydroxyl groups excluding tert-OH is 2. The van der Waals surface area contributed by atoms with Gasteiger partial charge < -0.3 is 40.1 Å². The molecule has 0 bridgehead atoms. The minimum atomic E-state index is -5.10. The Morgan fingerprint density at radius 1 is 1.32 bits per heavy atom. The van der Waals surface area contributed by atoms with Crippen molar-refractivity contribution < 1.29 is 48.3 Å². The number of anilines is 1. The Bertz CT molecular complexity index is 1330. The Morgan fingerprint density at radius 2 is 2.00 bits per heavy atom. The number of nitrogens with two attached hydrogens (primary N) is 1. The number of H-pyrrole nitrogens is 1. The number of nitrogens with zero attached hydrogens (tertiary/aromatic N) is 3. The van der Waals surface area contributed by atoms with Crippen molar-refractivity contribution in [3.8, 4) is 0 Å². The molecule has 1 saturated heterocycles. The van der Waals surface area contributed by atoms with Gasteiger partial charge in [-0.25, -0.2) is 9.36 Å². The number of carboxylic acid groups (broad SMARTS) is 1. The first-order chi connectivity index (χ1) is 15.9. The number of imidazole rings is 1. The largest absolute Gasteiger partial charge is 0.756 e. The highest BCUT2D eigenvalue weighted by atomic mass is 31.2. The number of carboxylic acids is 1. The number of aromatic nitrogens is 4. The van der Waals surface area contributed by atoms with E-state index in [1.807, 2.05) is 0 Å². The van der Waals surface area contributed by atoms with Crippen LogP contribution in [0.4, 0.5) is 5.95 Å². The van der Waals surface area contributed by atoms with Crippen LogP contribution in [-0.2, 0) is 20.4 Å². The number of aliphatic hydroxyl groups is 2. The van der Waals surface area contributed by atoms with E-state index < -0.39 is 50.5 Å². The molecule has 0 spiro atoms. The molecule has 34 heavy (non-hydrogen) atoms. The molecule has 182 valence electrons. The van der Waals surface area contributed by atoms with Crippen molar-refractivity contribution in [2.24, 2.45) is 0 Å². The molecule has 0 saturated carbocycles. The second kappa shape index (κ2) is 8.88. The Balaban J connectivity index is 1.71. The topological polar surface area (TPSA) is 237 Å². The SMILES string of the molecule is Nc1nc2c(c(=O)[nH]1)n(Cc1ccc(C(=O)O)cc1)c[n+]2[C@@H]1O[C@H](COP(=O)([O-])O)[C@@H](O)[C@H]1O. The smallest absolute Gasteiger partial charge is 0.335 e. The Hall–Kier alpha value is -3.17. The fourth-order valence-electron chi connectivity index (χ4n) is 3.69. The maximum absolute atomic E-state index is 12.7. The fourth-order valence-corrected chi connectivity index (χ4v) is 4.03. The number of nitrogen functional groups attached to an aromatic ring is 1. The zero-order valence-corrected chi connectivity index (χ0v) is 18.1. The summed E-state index contributed by atoms with van der Waals surface area (Å²) in [4.78, 5) is 49.8. The van der Waals surface area contributed by atoms with Crippen LogP contribution in [-0.4, -0.2) is 65.6 Å². The van der Waals surface area contributed by atoms with E-state index in [4.69, 9.17) is 20.5 Å². The minimum absolute atomic E-state index is 0.00196. The summed E-state index contributed by atoms with van der Waals surface area (Å²) < 4.78 is 23.4. The predicted molar refractivity (Wildman–Crippen MR) is 109 cm³/mol. The molecule has 1 aromatic carbocycles. The van der Waals surface area contributed by atoms with Crippen molar-refractivity contribution in [2.45, 2.75) is 31.1 Å². The molecular formula is C18H20N5O10P. The number of benzene rings is 1. The van der Waals surface area contributed by atoms with Crippen LogP contribution in [0.1, 0.15) is 22.1 Å². The van der Waals surface area contributed by atoms with E-state index >= 15 is 0 Å². The van der Waals surface area contributed by atoms with Crippen molar-refractivity contribution in [3.05, 3.63) is 52.1 Å². The molecule has 0 amide bonds. The standard InChI is InChI=1S/C18H20N5O10P/c19-18-20-14-11(15(26)21-18)22(5-8-1-3-9(4-2-8)17(27)28)7-23(14)16-13(25)12(24)10(33-16)6-32-34(29,30)31/h1-4,7,10,12-13,16,24-25H,5-6H2,(H5-,19,20,21,26,27,28,29,30,31)/t10-,12-,13-,16-/m1/s1. The third kappa shape index (κ3) is 4.71. The molecule has 15 nitrogen and oxygen atoms in total. The lowest BCUT2D eigenvalue weighted by Gasteiger charge is -2.19. The molecule has 3 heterocycles. The first kappa shape index (κ1) is 24.0. The van der Waals surface area contributed by atoms with Gasteiger partial charge in [-0.05, 0) is 17.7 Å². The van der Waals surface area contributed by atoms with Crippen LogP contribution in [0.15, 0.2) is 35.4 Å². The van der Waals surface area contributed by atoms with Crippen LogP contribution in [0, 0.1) is 0 Å². The van der Waals surface area contributed by atoms with Crippen molar-refractivity contribution in [3.63, 3.8) is 0 Å². The lowest BCUT2D eigenvalue weighted by atomic mass is 10.1. The van der Waals surface area contributed by atoms with E-state index in [9.17, 15) is 29.3 Å². The number of aromatic amines is 1. The monoisotopic (exact) mass is 497 g/mol. The van der Waals surface area contributed by atoms with Crippen LogP contribution < -0.4 is 20.8 Å². The summed E-state index contributed by atoms with van der Waals surface area (Å²) >= 11 is 0. The highest BCUT2D eigenvalue weighted by molar-refractivity contribution is 7.44. The fraction of sp³-hybridized carbons (Fsp3) is 0.333. The predicted octanol–water partition coefficient (Wildman–Crippen LogP) is -2.56. The first-order valence-corrected chi connectivity index (χ1v) is 11.3. The highest BCUT2D eigenvalue weighted by Gasteiger charge is 2.47. The number of ether oxygens (including phenoxy) is 1. The summed E-state index contributed by atoms with van der Waals surface area (Å²) in [6, 6.07) is 5.93. The summed E-state index contributed by atoms with van der Waals surface area (Å²) in [5, 5.41) is 29.8. The highest BCUT2D eigenvalue weighted by Crippen LogP contribution is 2.34. The van der Waals surface area contributed by atoms with E-state index in [1.54, 1.807) is 12.1 Å². The maximum atomic E-state index is 12.7. The van der Waals surface area contributed by atoms with E-state index in [0.29, 0.717) is 5.56 Å². The zero-order chi connectivity index (χ0) is 24.8. The van der Waals surface area contributed by atoms with Crippen LogP contribution in [0.2, 0.25) is 0 Å². The molecule has 7 N–H and O–H groups in total. The lowest BCUT2D eigenvalue weighted by molar-refractivity contribution is -0.745. The van der Waals surface area contributed by atoms with Crippen molar-refractivity contribution in [2.75, 3.05) is 12.3 Å². The molecule has 4 rings (SSSR count). The Labute approximate surface area is 189 Å². The number of aromatic carboxylic acids is 1. The van der Waals surface area contributed by atoms with E-state index in [-0.39, 0.29) is 29.2 Å². The molecule has 1 aliphatic heterocycles. The van der Waals surface area contributed by atoms with Gasteiger partial charge in [-0.15, -0.1) is 0 Å². The van der Waals surface area contributed by atoms with Crippen molar-refractivity contribution in [1.29, 1.82) is 0 Å². The van der Waals surface area contributed by atoms with E-state index in [2.05, 4.69) is 14.5 Å². The number of carbonyl (C=O) groups is 1. The van der Waals surface area contributed by atoms with Gasteiger partial charge >= 0.3 is 11.6 Å². The van der Waals surface area contributed by atoms with Crippen molar-refractivity contribution >= 4 is 30.9 Å². The Kier molecular flexibility index (Phi) is 6.26. The molecular weight excluding hydrogens is 477 g/mol. The molecule has 0 radical (unpaired) electrons. The summed E-state index contributed by atoms with van der Waals surface area (Å²) in [6.45, 7) is -0.669. The average Bonchev–Trinajstić information content (AvgIpc) is 3.24. The van der Waals surface area contributed by atoms with Crippen LogP contribution in [0.25, 0.3) is 11.2 Å². The molecule has 2 aromatic heterocycles. The van der Waals surface area contributed by atoms with Gasteiger partial charge in [0, 0.05) is 0 Å². The van der Waals surface area contributed by atoms with Crippen LogP contribution in [0.5, 0.6) is 0 Å². The zero-order valence-electron chi connectivity index (χ0n) is 17.2. The van der Waals surface area contributed by atoms with Gasteiger partial charge in [-0.2, -0.15) is 0 Å². The van der Waals surface area contributed by atoms with Gasteiger partial charge in [-0.1, -0.05) is 17.1 Å². The normalized spacial score (nSPS) is 24.4. The van der Waals surface area contributed by atoms with Gasteiger partial charge in [-0.3, -0.25) is 18.9 Å². The number of fused-ring (bicyclic) bond motifs is 1. The molecule has 16 heteroatoms. The number of hydrogen-bond donors (Lipinski definition) is 6. The van der Waals surface area contributed by atoms with Gasteiger partial charge in [0.2, 0.25) is 11.7 Å². The number of hydrogen-bond acceptors (Lipinski definition) is 10. The maximum Gasteiger partial charge on any atom is 0.335 e. The van der Waals surface area contributed by atoms with Crippen LogP contribution in [0.3, 0.4) is 0 Å². The average molecular weight is 497 g/mol. The Morgan fingerprint density at radius 3 is 2.62 bits per heavy atom. The van der Waals surface area contributed by atoms with E-state index in [0.717, 1.165) is 0 Å². The lowest BCUT2D eigenvalue weighted by Crippen LogP contribution is -2.46. The van der Waals surface area contributed by atoms with Gasteiger partial charge in [0.05, 0.1) is 18.7 Å². The molecule has 5 atom stereocenters. The third-order valence-electron chi connectivity index (χ3n) is 5.26. The number of rotatable bonds is 7. The summed E-state index contributed by atoms with van der Waals surface area (Å²) in [6.07, 6.45) is -4.44. The molecule has 1 fully saturated rings. The summed E-state index contributed by atoms with van der Waals surface area (Å²) in [5.74, 6) is -1.32. The molecule has 0 aliphatic carbocycles. The quantitative estimate of drug-likeness (QED) is 0.146. The molecule has 1 aliphatic rings. The molecule has 1 unspecified atom stereocenters.